The van der Waals surface area contributed by atoms with Crippen LogP contribution in [0, 0.1) is 29.6 Å². The van der Waals surface area contributed by atoms with Crippen molar-refractivity contribution >= 4 is 35.4 Å². The normalized spacial score (nSPS) is 27.2. The van der Waals surface area contributed by atoms with Crippen LogP contribution in [0.3, 0.4) is 0 Å². The van der Waals surface area contributed by atoms with Gasteiger partial charge in [-0.1, -0.05) is 116 Å². The van der Waals surface area contributed by atoms with Gasteiger partial charge in [-0.3, -0.25) is 14.4 Å². The highest BCUT2D eigenvalue weighted by Gasteiger charge is 2.48. The van der Waals surface area contributed by atoms with Crippen molar-refractivity contribution in [3.8, 4) is 0 Å². The third-order valence-corrected chi connectivity index (χ3v) is 15.4. The fraction of sp³-hybridized carbons (Fsp3) is 0.690. The topological polar surface area (TPSA) is 170 Å². The van der Waals surface area contributed by atoms with Crippen molar-refractivity contribution in [1.29, 1.82) is 0 Å². The summed E-state index contributed by atoms with van der Waals surface area (Å²) in [6.07, 6.45) is 9.70. The van der Waals surface area contributed by atoms with Crippen molar-refractivity contribution in [3.05, 3.63) is 71.8 Å². The second-order valence-corrected chi connectivity index (χ2v) is 20.8. The van der Waals surface area contributed by atoms with Crippen LogP contribution in [-0.2, 0) is 52.3 Å². The first-order chi connectivity index (χ1) is 34.7. The van der Waals surface area contributed by atoms with Gasteiger partial charge in [-0.25, -0.2) is 9.59 Å². The molecule has 12 atom stereocenters. The highest BCUT2D eigenvalue weighted by molar-refractivity contribution is 5.89. The highest BCUT2D eigenvalue weighted by Crippen LogP contribution is 2.40. The van der Waals surface area contributed by atoms with E-state index in [9.17, 15) is 28.8 Å². The van der Waals surface area contributed by atoms with E-state index in [0.29, 0.717) is 55.7 Å². The van der Waals surface area contributed by atoms with E-state index in [1.807, 2.05) is 24.0 Å². The van der Waals surface area contributed by atoms with Crippen LogP contribution in [0.5, 0.6) is 0 Å². The standard InChI is InChI=1S/C58H85NO13/c1-8-47-35-49(69-53(63)33-32-39(2)60)36-59(47)52(62)31-23-13-12-22-30-48(61)29-21-11-9-10-14-24-34-66-57-44(7)42(5)54(51(71-57)38-68-56(65)46-27-19-16-20-28-46)72-58-43(6)40(3)41(4)50(70-58)37-67-55(64)45-25-17-15-18-26-45/h15-20,25-28,40-44,47,49-51,54,57-58H,8-14,21-24,29-38H2,1-7H3/t40?,41?,42?,43?,44?,47-,49-,50?,51?,54?,57?,58?/m1/s1. The Hall–Kier alpha value is -4.50. The Morgan fingerprint density at radius 2 is 1.11 bits per heavy atom. The number of rotatable bonds is 30. The number of Topliss-reactive ketones (excluding diaryl/α,β-unsaturated/α-hetero) is 2. The smallest absolute Gasteiger partial charge is 0.338 e. The van der Waals surface area contributed by atoms with Gasteiger partial charge in [0, 0.05) is 56.6 Å². The molecule has 0 N–H and O–H groups in total. The number of likely N-dealkylation sites (tertiary alicyclic amines) is 1. The molecule has 400 valence electrons. The molecule has 10 unspecified atom stereocenters. The SMILES string of the molecule is CC[C@@H]1C[C@@H](OC(=O)CCC(C)=O)CN1C(=O)CCCCCCC(=O)CCCCCCCCOC1OC(COC(=O)c2ccccc2)C(OC2OC(COC(=O)c3ccccc3)C(C)C(C)C2C)C(C)C1C. The second-order valence-electron chi connectivity index (χ2n) is 20.8. The summed E-state index contributed by atoms with van der Waals surface area (Å²) in [4.78, 5) is 76.7. The lowest BCUT2D eigenvalue weighted by molar-refractivity contribution is -0.327. The number of unbranched alkanes of at least 4 members (excludes halogenated alkanes) is 8. The van der Waals surface area contributed by atoms with Gasteiger partial charge in [0.25, 0.3) is 0 Å². The molecule has 0 saturated carbocycles. The van der Waals surface area contributed by atoms with Gasteiger partial charge in [0.05, 0.1) is 36.3 Å². The maximum Gasteiger partial charge on any atom is 0.338 e. The van der Waals surface area contributed by atoms with Crippen LogP contribution >= 0.6 is 0 Å². The van der Waals surface area contributed by atoms with Gasteiger partial charge in [0.1, 0.15) is 37.0 Å². The molecule has 14 nitrogen and oxygen atoms in total. The zero-order valence-corrected chi connectivity index (χ0v) is 44.3. The minimum atomic E-state index is -0.622. The van der Waals surface area contributed by atoms with E-state index in [1.54, 1.807) is 48.5 Å². The molecule has 5 rings (SSSR count). The molecule has 72 heavy (non-hydrogen) atoms. The molecule has 3 aliphatic heterocycles. The van der Waals surface area contributed by atoms with Gasteiger partial charge in [0.15, 0.2) is 12.6 Å². The van der Waals surface area contributed by atoms with Gasteiger partial charge in [0.2, 0.25) is 5.91 Å². The van der Waals surface area contributed by atoms with Crippen molar-refractivity contribution in [2.24, 2.45) is 29.6 Å². The van der Waals surface area contributed by atoms with Crippen molar-refractivity contribution in [2.75, 3.05) is 26.4 Å². The van der Waals surface area contributed by atoms with Crippen molar-refractivity contribution in [2.45, 2.75) is 201 Å². The van der Waals surface area contributed by atoms with Gasteiger partial charge in [-0.05, 0) is 81.0 Å². The summed E-state index contributed by atoms with van der Waals surface area (Å²) in [6.45, 7) is 15.1. The van der Waals surface area contributed by atoms with Crippen LogP contribution in [-0.4, -0.2) is 110 Å². The first-order valence-electron chi connectivity index (χ1n) is 27.2. The second kappa shape index (κ2) is 30.6. The lowest BCUT2D eigenvalue weighted by Gasteiger charge is -2.48. The van der Waals surface area contributed by atoms with Crippen LogP contribution in [0.4, 0.5) is 0 Å². The predicted molar refractivity (Wildman–Crippen MR) is 273 cm³/mol. The molecule has 1 amide bonds. The lowest BCUT2D eigenvalue weighted by Crippen LogP contribution is -2.56. The molecule has 3 heterocycles. The quantitative estimate of drug-likeness (QED) is 0.0412. The number of esters is 3. The van der Waals surface area contributed by atoms with Crippen molar-refractivity contribution in [3.63, 3.8) is 0 Å². The molecule has 14 heteroatoms. The van der Waals surface area contributed by atoms with Gasteiger partial charge >= 0.3 is 17.9 Å². The van der Waals surface area contributed by atoms with Crippen LogP contribution in [0.25, 0.3) is 0 Å². The van der Waals surface area contributed by atoms with E-state index in [-0.39, 0.29) is 91.6 Å². The number of nitrogens with zero attached hydrogens (tertiary/aromatic N) is 1. The summed E-state index contributed by atoms with van der Waals surface area (Å²) < 4.78 is 43.6. The van der Waals surface area contributed by atoms with E-state index >= 15 is 0 Å². The number of carbonyl (C=O) groups excluding carboxylic acids is 6. The predicted octanol–water partition coefficient (Wildman–Crippen LogP) is 10.7. The summed E-state index contributed by atoms with van der Waals surface area (Å²) >= 11 is 0. The molecule has 0 aliphatic carbocycles. The Balaban J connectivity index is 0.973. The zero-order chi connectivity index (χ0) is 52.0. The number of hydrogen-bond donors (Lipinski definition) is 0. The molecular weight excluding hydrogens is 919 g/mol. The Bertz CT molecular complexity index is 1980. The number of amides is 1. The minimum absolute atomic E-state index is 0.0247. The van der Waals surface area contributed by atoms with Gasteiger partial charge in [-0.2, -0.15) is 0 Å². The lowest BCUT2D eigenvalue weighted by atomic mass is 9.78. The summed E-state index contributed by atoms with van der Waals surface area (Å²) in [6, 6.07) is 17.9. The maximum absolute atomic E-state index is 13.1. The van der Waals surface area contributed by atoms with E-state index < -0.39 is 36.7 Å². The number of ether oxygens (including phenoxy) is 7. The summed E-state index contributed by atoms with van der Waals surface area (Å²) in [5.74, 6) is -0.623. The van der Waals surface area contributed by atoms with Crippen LogP contribution in [0.15, 0.2) is 60.7 Å². The first-order valence-corrected chi connectivity index (χ1v) is 27.2. The number of carbonyl (C=O) groups is 6. The molecule has 3 fully saturated rings. The average Bonchev–Trinajstić information content (AvgIpc) is 3.80. The van der Waals surface area contributed by atoms with E-state index in [0.717, 1.165) is 70.6 Å². The number of hydrogen-bond acceptors (Lipinski definition) is 13. The van der Waals surface area contributed by atoms with Crippen molar-refractivity contribution in [1.82, 2.24) is 4.90 Å². The van der Waals surface area contributed by atoms with Crippen LogP contribution in [0.1, 0.15) is 178 Å². The molecular formula is C58H85NO13. The molecule has 2 aromatic rings. The fourth-order valence-electron chi connectivity index (χ4n) is 10.1. The minimum Gasteiger partial charge on any atom is -0.460 e. The maximum atomic E-state index is 13.1. The summed E-state index contributed by atoms with van der Waals surface area (Å²) in [5.41, 5.74) is 0.937. The molecule has 3 saturated heterocycles. The molecule has 0 radical (unpaired) electrons. The van der Waals surface area contributed by atoms with E-state index in [1.165, 1.54) is 6.92 Å². The molecule has 2 aromatic carbocycles. The molecule has 0 bridgehead atoms. The monoisotopic (exact) mass is 1000 g/mol. The fourth-order valence-corrected chi connectivity index (χ4v) is 10.1. The number of benzene rings is 2. The van der Waals surface area contributed by atoms with E-state index in [4.69, 9.17) is 33.2 Å². The molecule has 3 aliphatic rings. The van der Waals surface area contributed by atoms with Crippen LogP contribution in [0.2, 0.25) is 0 Å². The largest absolute Gasteiger partial charge is 0.460 e. The molecule has 0 aromatic heterocycles. The van der Waals surface area contributed by atoms with Crippen molar-refractivity contribution < 1.29 is 61.9 Å². The Morgan fingerprint density at radius 3 is 1.69 bits per heavy atom. The third kappa shape index (κ3) is 18.5. The Kier molecular flexibility index (Phi) is 24.8. The first kappa shape index (κ1) is 58.4. The Morgan fingerprint density at radius 1 is 0.583 bits per heavy atom. The van der Waals surface area contributed by atoms with Gasteiger partial charge < -0.3 is 42.9 Å². The number of ketones is 2. The average molecular weight is 1000 g/mol. The zero-order valence-electron chi connectivity index (χ0n) is 44.3. The summed E-state index contributed by atoms with van der Waals surface area (Å²) in [7, 11) is 0. The summed E-state index contributed by atoms with van der Waals surface area (Å²) in [5, 5.41) is 0. The highest BCUT2D eigenvalue weighted by atomic mass is 16.7. The molecule has 0 spiro atoms. The Labute approximate surface area is 429 Å². The third-order valence-electron chi connectivity index (χ3n) is 15.4. The van der Waals surface area contributed by atoms with E-state index in [2.05, 4.69) is 34.6 Å². The van der Waals surface area contributed by atoms with Crippen LogP contribution < -0.4 is 0 Å². The van der Waals surface area contributed by atoms with Gasteiger partial charge in [-0.15, -0.1) is 0 Å².